The van der Waals surface area contributed by atoms with Gasteiger partial charge in [-0.15, -0.1) is 0 Å². The third-order valence-electron chi connectivity index (χ3n) is 2.31. The summed E-state index contributed by atoms with van der Waals surface area (Å²) >= 11 is 0. The van der Waals surface area contributed by atoms with E-state index in [-0.39, 0.29) is 18.7 Å². The number of carbonyl (C=O) groups is 3. The van der Waals surface area contributed by atoms with Crippen LogP contribution in [0.15, 0.2) is 24.4 Å². The Morgan fingerprint density at radius 2 is 2.16 bits per heavy atom. The van der Waals surface area contributed by atoms with Crippen LogP contribution in [0.4, 0.5) is 10.6 Å². The number of nitrogens with one attached hydrogen (secondary N) is 1. The minimum absolute atomic E-state index is 0.0368. The highest BCUT2D eigenvalue weighted by Crippen LogP contribution is 2.03. The number of anilines is 1. The highest BCUT2D eigenvalue weighted by molar-refractivity contribution is 5.97. The van der Waals surface area contributed by atoms with E-state index in [4.69, 9.17) is 5.73 Å². The molecule has 0 aliphatic rings. The highest BCUT2D eigenvalue weighted by atomic mass is 16.2. The number of hydrogen-bond acceptors (Lipinski definition) is 4. The minimum Gasteiger partial charge on any atom is -0.351 e. The van der Waals surface area contributed by atoms with E-state index in [9.17, 15) is 14.4 Å². The summed E-state index contributed by atoms with van der Waals surface area (Å²) < 4.78 is 0. The number of nitrogens with zero attached hydrogens (tertiary/aromatic N) is 2. The molecule has 0 aromatic carbocycles. The van der Waals surface area contributed by atoms with E-state index in [0.717, 1.165) is 4.90 Å². The molecule has 101 valence electrons. The number of carbonyl (C=O) groups excluding carboxylic acids is 3. The van der Waals surface area contributed by atoms with Crippen LogP contribution < -0.4 is 11.1 Å². The van der Waals surface area contributed by atoms with E-state index in [2.05, 4.69) is 10.3 Å². The lowest BCUT2D eigenvalue weighted by molar-refractivity contribution is -0.127. The molecule has 3 N–H and O–H groups in total. The number of pyridine rings is 1. The molecule has 19 heavy (non-hydrogen) atoms. The first-order chi connectivity index (χ1) is 9.00. The molecule has 7 heteroatoms. The molecule has 7 nitrogen and oxygen atoms in total. The molecule has 0 unspecified atom stereocenters. The van der Waals surface area contributed by atoms with Gasteiger partial charge in [-0.25, -0.2) is 9.78 Å². The zero-order valence-corrected chi connectivity index (χ0v) is 10.5. The smallest absolute Gasteiger partial charge is 0.321 e. The lowest BCUT2D eigenvalue weighted by Crippen LogP contribution is -2.37. The molecular weight excluding hydrogens is 248 g/mol. The van der Waals surface area contributed by atoms with Crippen molar-refractivity contribution in [1.82, 2.24) is 9.88 Å². The Kier molecular flexibility index (Phi) is 5.46. The topological polar surface area (TPSA) is 105 Å². The van der Waals surface area contributed by atoms with Gasteiger partial charge in [-0.1, -0.05) is 6.07 Å². The number of primary amides is 1. The molecule has 0 aliphatic carbocycles. The maximum absolute atomic E-state index is 11.5. The molecule has 0 spiro atoms. The molecule has 0 fully saturated rings. The monoisotopic (exact) mass is 263 g/mol. The van der Waals surface area contributed by atoms with Gasteiger partial charge in [0.1, 0.15) is 5.82 Å². The predicted octanol–water partition coefficient (Wildman–Crippen LogP) is 0.542. The second-order valence-electron chi connectivity index (χ2n) is 3.74. The number of imide groups is 1. The summed E-state index contributed by atoms with van der Waals surface area (Å²) in [5, 5.41) is 2.55. The van der Waals surface area contributed by atoms with Crippen LogP contribution in [-0.2, 0) is 9.59 Å². The van der Waals surface area contributed by atoms with Crippen LogP contribution in [-0.4, -0.2) is 34.8 Å². The van der Waals surface area contributed by atoms with Gasteiger partial charge in [-0.05, 0) is 18.6 Å². The Morgan fingerprint density at radius 1 is 1.42 bits per heavy atom. The summed E-state index contributed by atoms with van der Waals surface area (Å²) in [5.41, 5.74) is 4.94. The standard InChI is InChI=1S/C12H15N4O3/c1-16(12(13)19)11(18)7-4-6-10(17)15-9-5-2-3-8-14-9/h2-3,5-6,8H,4,7H2,1H3,(H2,13,19)(H,14,15,17). The fraction of sp³-hybridized carbons (Fsp3) is 0.250. The molecule has 0 aliphatic heterocycles. The average molecular weight is 263 g/mol. The third-order valence-corrected chi connectivity index (χ3v) is 2.31. The molecule has 0 saturated carbocycles. The van der Waals surface area contributed by atoms with Gasteiger partial charge in [0.25, 0.3) is 0 Å². The molecule has 1 aromatic heterocycles. The van der Waals surface area contributed by atoms with Crippen LogP contribution in [0.3, 0.4) is 0 Å². The molecule has 0 atom stereocenters. The normalized spacial score (nSPS) is 9.74. The van der Waals surface area contributed by atoms with E-state index in [1.54, 1.807) is 24.4 Å². The maximum atomic E-state index is 11.5. The van der Waals surface area contributed by atoms with Crippen LogP contribution >= 0.6 is 0 Å². The average Bonchev–Trinajstić information content (AvgIpc) is 2.38. The molecule has 1 heterocycles. The van der Waals surface area contributed by atoms with Gasteiger partial charge in [0.15, 0.2) is 0 Å². The first-order valence-electron chi connectivity index (χ1n) is 5.62. The summed E-state index contributed by atoms with van der Waals surface area (Å²) in [6.45, 7) is 0. The van der Waals surface area contributed by atoms with Gasteiger partial charge in [0.2, 0.25) is 11.8 Å². The first-order valence-corrected chi connectivity index (χ1v) is 5.62. The Hall–Kier alpha value is -2.44. The predicted molar refractivity (Wildman–Crippen MR) is 68.8 cm³/mol. The Labute approximate surface area is 110 Å². The quantitative estimate of drug-likeness (QED) is 0.808. The van der Waals surface area contributed by atoms with Crippen molar-refractivity contribution < 1.29 is 14.4 Å². The lowest BCUT2D eigenvalue weighted by atomic mass is 10.2. The molecule has 1 rings (SSSR count). The van der Waals surface area contributed by atoms with Crippen molar-refractivity contribution in [1.29, 1.82) is 0 Å². The van der Waals surface area contributed by atoms with Crippen LogP contribution in [0.5, 0.6) is 0 Å². The van der Waals surface area contributed by atoms with Crippen molar-refractivity contribution in [2.24, 2.45) is 5.73 Å². The zero-order valence-electron chi connectivity index (χ0n) is 10.5. The van der Waals surface area contributed by atoms with Crippen LogP contribution in [0, 0.1) is 6.42 Å². The van der Waals surface area contributed by atoms with Gasteiger partial charge >= 0.3 is 6.03 Å². The van der Waals surface area contributed by atoms with E-state index in [0.29, 0.717) is 5.82 Å². The summed E-state index contributed by atoms with van der Waals surface area (Å²) in [7, 11) is 1.29. The number of aromatic nitrogens is 1. The second-order valence-corrected chi connectivity index (χ2v) is 3.74. The summed E-state index contributed by atoms with van der Waals surface area (Å²) in [4.78, 5) is 38.3. The zero-order chi connectivity index (χ0) is 14.3. The molecular formula is C12H15N4O3. The van der Waals surface area contributed by atoms with Crippen LogP contribution in [0.1, 0.15) is 12.8 Å². The Bertz CT molecular complexity index is 461. The molecule has 0 saturated heterocycles. The van der Waals surface area contributed by atoms with Crippen molar-refractivity contribution in [3.05, 3.63) is 30.8 Å². The molecule has 1 aromatic rings. The Balaban J connectivity index is 2.28. The van der Waals surface area contributed by atoms with Crippen LogP contribution in [0.2, 0.25) is 0 Å². The maximum Gasteiger partial charge on any atom is 0.321 e. The van der Waals surface area contributed by atoms with Gasteiger partial charge in [-0.2, -0.15) is 0 Å². The largest absolute Gasteiger partial charge is 0.351 e. The summed E-state index contributed by atoms with van der Waals surface area (Å²) in [6, 6.07) is 4.31. The van der Waals surface area contributed by atoms with Crippen molar-refractivity contribution in [2.75, 3.05) is 12.4 Å². The fourth-order valence-corrected chi connectivity index (χ4v) is 1.23. The molecule has 4 amide bonds. The number of urea groups is 1. The van der Waals surface area contributed by atoms with E-state index < -0.39 is 11.9 Å². The SMILES string of the molecule is CN(C(N)=O)C(=O)CC[CH]C(=O)Nc1ccccn1. The second kappa shape index (κ2) is 7.10. The van der Waals surface area contributed by atoms with Crippen molar-refractivity contribution in [3.63, 3.8) is 0 Å². The third kappa shape index (κ3) is 5.15. The summed E-state index contributed by atoms with van der Waals surface area (Å²) in [5.74, 6) is -0.355. The number of rotatable bonds is 5. The number of nitrogens with two attached hydrogens (primary N) is 1. The fourth-order valence-electron chi connectivity index (χ4n) is 1.23. The van der Waals surface area contributed by atoms with Gasteiger partial charge in [0, 0.05) is 19.7 Å². The van der Waals surface area contributed by atoms with Gasteiger partial charge < -0.3 is 11.1 Å². The van der Waals surface area contributed by atoms with Gasteiger partial charge in [0.05, 0.1) is 6.42 Å². The lowest BCUT2D eigenvalue weighted by Gasteiger charge is -2.11. The molecule has 0 bridgehead atoms. The number of amides is 4. The number of hydrogen-bond donors (Lipinski definition) is 2. The Morgan fingerprint density at radius 3 is 2.74 bits per heavy atom. The van der Waals surface area contributed by atoms with Crippen molar-refractivity contribution >= 4 is 23.7 Å². The van der Waals surface area contributed by atoms with E-state index >= 15 is 0 Å². The van der Waals surface area contributed by atoms with Gasteiger partial charge in [-0.3, -0.25) is 14.5 Å². The van der Waals surface area contributed by atoms with Crippen molar-refractivity contribution in [3.8, 4) is 0 Å². The first kappa shape index (κ1) is 14.6. The molecule has 1 radical (unpaired) electrons. The highest BCUT2D eigenvalue weighted by Gasteiger charge is 2.13. The summed E-state index contributed by atoms with van der Waals surface area (Å²) in [6.07, 6.45) is 3.13. The minimum atomic E-state index is -0.817. The van der Waals surface area contributed by atoms with E-state index in [1.807, 2.05) is 0 Å². The van der Waals surface area contributed by atoms with E-state index in [1.165, 1.54) is 13.5 Å². The van der Waals surface area contributed by atoms with Crippen LogP contribution in [0.25, 0.3) is 0 Å². The van der Waals surface area contributed by atoms with Crippen molar-refractivity contribution in [2.45, 2.75) is 12.8 Å².